The monoisotopic (exact) mass is 533 g/mol. The smallest absolute Gasteiger partial charge is 0.356 e. The summed E-state index contributed by atoms with van der Waals surface area (Å²) in [6.45, 7) is 5.40. The van der Waals surface area contributed by atoms with Gasteiger partial charge in [-0.05, 0) is 61.0 Å². The number of esters is 2. The number of ketones is 1. The molecule has 0 saturated heterocycles. The van der Waals surface area contributed by atoms with E-state index in [4.69, 9.17) is 21.1 Å². The highest BCUT2D eigenvalue weighted by molar-refractivity contribution is 6.26. The first-order valence-corrected chi connectivity index (χ1v) is 13.0. The molecule has 0 spiro atoms. The highest BCUT2D eigenvalue weighted by Gasteiger charge is 2.78. The molecule has 0 aromatic carbocycles. The summed E-state index contributed by atoms with van der Waals surface area (Å²) in [4.78, 5) is 37.7. The van der Waals surface area contributed by atoms with Crippen LogP contribution in [0.3, 0.4) is 0 Å². The molecule has 200 valence electrons. The van der Waals surface area contributed by atoms with Crippen LogP contribution in [0.4, 0.5) is 4.39 Å². The minimum Gasteiger partial charge on any atom is -0.466 e. The average molecular weight is 534 g/mol. The zero-order valence-corrected chi connectivity index (χ0v) is 22.4. The number of allylic oxidation sites excluding steroid dienone is 4. The molecule has 9 heteroatoms. The van der Waals surface area contributed by atoms with Gasteiger partial charge in [0.05, 0.1) is 18.1 Å². The van der Waals surface area contributed by atoms with E-state index in [-0.39, 0.29) is 35.8 Å². The molecule has 1 N–H and O–H groups in total. The molecule has 1 aromatic heterocycles. The van der Waals surface area contributed by atoms with Crippen molar-refractivity contribution in [3.05, 3.63) is 47.8 Å². The number of aromatic nitrogens is 1. The predicted octanol–water partition coefficient (Wildman–Crippen LogP) is 3.93. The van der Waals surface area contributed by atoms with Gasteiger partial charge in [0.25, 0.3) is 0 Å². The van der Waals surface area contributed by atoms with Gasteiger partial charge in [-0.1, -0.05) is 26.8 Å². The fraction of sp³-hybridized carbons (Fsp3) is 0.607. The lowest BCUT2D eigenvalue weighted by Gasteiger charge is -2.64. The van der Waals surface area contributed by atoms with E-state index in [9.17, 15) is 19.5 Å². The van der Waals surface area contributed by atoms with Crippen molar-refractivity contribution >= 4 is 29.3 Å². The van der Waals surface area contributed by atoms with Crippen LogP contribution in [-0.4, -0.2) is 57.3 Å². The largest absolute Gasteiger partial charge is 0.466 e. The lowest BCUT2D eigenvalue weighted by molar-refractivity contribution is -0.199. The Morgan fingerprint density at radius 2 is 1.95 bits per heavy atom. The van der Waals surface area contributed by atoms with Gasteiger partial charge in [0.2, 0.25) is 5.60 Å². The summed E-state index contributed by atoms with van der Waals surface area (Å²) in [6, 6.07) is 3.31. The summed E-state index contributed by atoms with van der Waals surface area (Å²) in [7, 11) is 2.95. The number of aryl methyl sites for hydroxylation is 1. The second-order valence-electron chi connectivity index (χ2n) is 11.6. The van der Waals surface area contributed by atoms with Gasteiger partial charge in [-0.25, -0.2) is 14.0 Å². The van der Waals surface area contributed by atoms with Crippen molar-refractivity contribution < 1.29 is 33.4 Å². The number of halogens is 2. The SMILES string of the molecule is COC(=O)[C@@]1(OC(=O)c2cccn2C)[C@@H](C)CC2C3C[C@H](F)C4=CC(=O)C=C[C@]4(C)[C@@]3(Cl)[C@@H](O)C[C@@]21C. The van der Waals surface area contributed by atoms with Gasteiger partial charge in [0, 0.05) is 30.0 Å². The number of hydrogen-bond donors (Lipinski definition) is 1. The number of carbonyl (C=O) groups is 3. The zero-order valence-electron chi connectivity index (χ0n) is 21.7. The lowest BCUT2D eigenvalue weighted by atomic mass is 9.45. The molecule has 3 fully saturated rings. The summed E-state index contributed by atoms with van der Waals surface area (Å²) >= 11 is 7.40. The number of rotatable bonds is 3. The zero-order chi connectivity index (χ0) is 27.1. The van der Waals surface area contributed by atoms with E-state index in [0.717, 1.165) is 0 Å². The maximum absolute atomic E-state index is 15.8. The second kappa shape index (κ2) is 8.27. The van der Waals surface area contributed by atoms with E-state index >= 15 is 4.39 Å². The van der Waals surface area contributed by atoms with Gasteiger partial charge in [0.15, 0.2) is 5.78 Å². The van der Waals surface area contributed by atoms with Crippen molar-refractivity contribution in [1.29, 1.82) is 0 Å². The van der Waals surface area contributed by atoms with E-state index in [1.54, 1.807) is 42.9 Å². The predicted molar refractivity (Wildman–Crippen MR) is 134 cm³/mol. The number of fused-ring (bicyclic) bond motifs is 5. The van der Waals surface area contributed by atoms with Crippen LogP contribution in [0.15, 0.2) is 42.1 Å². The average Bonchev–Trinajstić information content (AvgIpc) is 3.36. The Hall–Kier alpha value is -2.45. The number of nitrogens with zero attached hydrogens (tertiary/aromatic N) is 1. The Labute approximate surface area is 220 Å². The summed E-state index contributed by atoms with van der Waals surface area (Å²) in [5.41, 5.74) is -3.37. The van der Waals surface area contributed by atoms with E-state index in [0.29, 0.717) is 6.42 Å². The Balaban J connectivity index is 1.64. The van der Waals surface area contributed by atoms with Crippen LogP contribution in [0.2, 0.25) is 0 Å². The van der Waals surface area contributed by atoms with Crippen molar-refractivity contribution in [3.63, 3.8) is 0 Å². The van der Waals surface area contributed by atoms with Gasteiger partial charge in [-0.15, -0.1) is 11.6 Å². The van der Waals surface area contributed by atoms with Gasteiger partial charge in [-0.2, -0.15) is 0 Å². The molecule has 5 rings (SSSR count). The maximum Gasteiger partial charge on any atom is 0.356 e. The molecule has 2 unspecified atom stereocenters. The molecule has 0 bridgehead atoms. The third kappa shape index (κ3) is 3.11. The van der Waals surface area contributed by atoms with Crippen molar-refractivity contribution in [2.75, 3.05) is 7.11 Å². The number of methoxy groups -OCH3 is 1. The van der Waals surface area contributed by atoms with E-state index in [1.165, 1.54) is 19.3 Å². The fourth-order valence-corrected chi connectivity index (χ4v) is 8.73. The van der Waals surface area contributed by atoms with Crippen LogP contribution in [0.1, 0.15) is 50.5 Å². The van der Waals surface area contributed by atoms with Crippen LogP contribution in [0, 0.1) is 28.6 Å². The van der Waals surface area contributed by atoms with E-state index in [2.05, 4.69) is 0 Å². The minimum absolute atomic E-state index is 0.0148. The summed E-state index contributed by atoms with van der Waals surface area (Å²) in [5, 5.41) is 11.8. The normalized spacial score (nSPS) is 44.4. The standard InChI is InChI=1S/C28H33ClFNO6/c1-15-11-17-18-13-20(30)19-12-16(32)8-9-25(19,2)27(18,29)22(33)14-26(17,3)28(15,24(35)36-5)37-23(34)21-7-6-10-31(21)4/h6-10,12,15,17-18,20,22,33H,11,13-14H2,1-5H3/t15-,17?,18?,20-,22-,25-,26-,27-,28-/m0/s1. The molecule has 4 aliphatic rings. The molecule has 1 aromatic rings. The molecule has 37 heavy (non-hydrogen) atoms. The molecule has 4 aliphatic carbocycles. The molecule has 7 nitrogen and oxygen atoms in total. The van der Waals surface area contributed by atoms with Crippen LogP contribution in [0.5, 0.6) is 0 Å². The highest BCUT2D eigenvalue weighted by Crippen LogP contribution is 2.72. The molecular formula is C28H33ClFNO6. The Morgan fingerprint density at radius 1 is 1.24 bits per heavy atom. The van der Waals surface area contributed by atoms with Crippen LogP contribution < -0.4 is 0 Å². The van der Waals surface area contributed by atoms with E-state index in [1.807, 2.05) is 13.8 Å². The molecular weight excluding hydrogens is 501 g/mol. The number of hydrogen-bond acceptors (Lipinski definition) is 6. The Kier molecular flexibility index (Phi) is 5.85. The fourth-order valence-electron chi connectivity index (χ4n) is 8.24. The van der Waals surface area contributed by atoms with Gasteiger partial charge >= 0.3 is 11.9 Å². The minimum atomic E-state index is -1.71. The van der Waals surface area contributed by atoms with Crippen molar-refractivity contribution in [3.8, 4) is 0 Å². The second-order valence-corrected chi connectivity index (χ2v) is 12.2. The van der Waals surface area contributed by atoms with Crippen LogP contribution in [-0.2, 0) is 26.1 Å². The first-order chi connectivity index (χ1) is 17.3. The van der Waals surface area contributed by atoms with Crippen LogP contribution in [0.25, 0.3) is 0 Å². The summed E-state index contributed by atoms with van der Waals surface area (Å²) in [6.07, 6.45) is 3.78. The maximum atomic E-state index is 15.8. The lowest BCUT2D eigenvalue weighted by Crippen LogP contribution is -2.70. The number of ether oxygens (including phenoxy) is 2. The number of alkyl halides is 2. The van der Waals surface area contributed by atoms with Crippen molar-refractivity contribution in [2.45, 2.75) is 62.8 Å². The third-order valence-electron chi connectivity index (χ3n) is 10.1. The molecule has 1 heterocycles. The first kappa shape index (κ1) is 26.2. The van der Waals surface area contributed by atoms with Crippen molar-refractivity contribution in [1.82, 2.24) is 4.57 Å². The summed E-state index contributed by atoms with van der Waals surface area (Å²) in [5.74, 6) is -3.12. The van der Waals surface area contributed by atoms with Gasteiger partial charge in [0.1, 0.15) is 11.9 Å². The quantitative estimate of drug-likeness (QED) is 0.467. The number of aliphatic hydroxyl groups is 1. The molecule has 0 aliphatic heterocycles. The number of aliphatic hydroxyl groups excluding tert-OH is 1. The van der Waals surface area contributed by atoms with Gasteiger partial charge < -0.3 is 19.1 Å². The molecule has 0 amide bonds. The number of carbonyl (C=O) groups excluding carboxylic acids is 3. The topological polar surface area (TPSA) is 94.8 Å². The van der Waals surface area contributed by atoms with E-state index < -0.39 is 57.4 Å². The van der Waals surface area contributed by atoms with Crippen LogP contribution >= 0.6 is 11.6 Å². The van der Waals surface area contributed by atoms with Crippen molar-refractivity contribution in [2.24, 2.45) is 35.6 Å². The molecule has 0 radical (unpaired) electrons. The third-order valence-corrected chi connectivity index (χ3v) is 11.0. The summed E-state index contributed by atoms with van der Waals surface area (Å²) < 4.78 is 28.8. The molecule has 3 saturated carbocycles. The highest BCUT2D eigenvalue weighted by atomic mass is 35.5. The Bertz CT molecular complexity index is 1240. The first-order valence-electron chi connectivity index (χ1n) is 12.7. The molecule has 9 atom stereocenters. The van der Waals surface area contributed by atoms with Gasteiger partial charge in [-0.3, -0.25) is 4.79 Å². The Morgan fingerprint density at radius 3 is 2.57 bits per heavy atom.